The Morgan fingerprint density at radius 2 is 1.34 bits per heavy atom. The topological polar surface area (TPSA) is 132 Å². The molecule has 9 nitrogen and oxygen atoms in total. The molecular weight excluding hydrogens is 517 g/mol. The van der Waals surface area contributed by atoms with Crippen LogP contribution < -0.4 is 4.74 Å². The van der Waals surface area contributed by atoms with E-state index in [4.69, 9.17) is 15.3 Å². The van der Waals surface area contributed by atoms with Crippen LogP contribution in [0, 0.1) is 39.9 Å². The van der Waals surface area contributed by atoms with Gasteiger partial charge in [0.15, 0.2) is 0 Å². The third-order valence-electron chi connectivity index (χ3n) is 4.12. The number of carbonyl (C=O) groups excluding carboxylic acids is 2. The number of benzene rings is 1. The quantitative estimate of drug-likeness (QED) is 0.124. The van der Waals surface area contributed by atoms with Crippen molar-refractivity contribution in [2.75, 3.05) is 46.3 Å². The molecule has 3 N–H and O–H groups in total. The van der Waals surface area contributed by atoms with Crippen molar-refractivity contribution in [2.24, 2.45) is 10.8 Å². The standard InChI is InChI=1S/C13H9F5O6.C5H12O3.CH4FP/c1-13(2-21-11(19)22-3-13)4-23-12(20)24-10-8(17)6(15)5(14)7(16)9(10)18;1-5(2-6,3-7)4-8;1-3-2/h2-4H2,1H3;6-8H,2-4H2,1H3;3H,1H3. The van der Waals surface area contributed by atoms with Gasteiger partial charge >= 0.3 is 12.3 Å². The van der Waals surface area contributed by atoms with E-state index in [2.05, 4.69) is 18.9 Å². The molecule has 2 rings (SSSR count). The van der Waals surface area contributed by atoms with Crippen LogP contribution in [0.15, 0.2) is 0 Å². The zero-order valence-corrected chi connectivity index (χ0v) is 19.8. The molecule has 0 amide bonds. The minimum absolute atomic E-state index is 0.179. The third kappa shape index (κ3) is 10.0. The minimum atomic E-state index is -2.39. The lowest BCUT2D eigenvalue weighted by Gasteiger charge is -2.31. The number of aliphatic hydroxyl groups excluding tert-OH is 3. The number of hydrogen-bond donors (Lipinski definition) is 3. The number of hydrogen-bond acceptors (Lipinski definition) is 9. The summed E-state index contributed by atoms with van der Waals surface area (Å²) in [7, 11) is -0.417. The number of halogens is 6. The fourth-order valence-corrected chi connectivity index (χ4v) is 1.80. The summed E-state index contributed by atoms with van der Waals surface area (Å²) in [5.41, 5.74) is -1.68. The van der Waals surface area contributed by atoms with Crippen molar-refractivity contribution in [1.82, 2.24) is 0 Å². The second kappa shape index (κ2) is 14.9. The van der Waals surface area contributed by atoms with Gasteiger partial charge in [0.25, 0.3) is 0 Å². The molecule has 35 heavy (non-hydrogen) atoms. The molecule has 1 fully saturated rings. The largest absolute Gasteiger partial charge is 0.514 e. The summed E-state index contributed by atoms with van der Waals surface area (Å²) < 4.78 is 93.5. The van der Waals surface area contributed by atoms with Crippen LogP contribution in [0.25, 0.3) is 0 Å². The monoisotopic (exact) mass is 542 g/mol. The summed E-state index contributed by atoms with van der Waals surface area (Å²) in [5.74, 6) is -13.3. The molecule has 1 atom stereocenters. The second-order valence-corrected chi connectivity index (χ2v) is 8.03. The van der Waals surface area contributed by atoms with Crippen molar-refractivity contribution in [3.8, 4) is 5.75 Å². The van der Waals surface area contributed by atoms with Crippen LogP contribution in [0.4, 0.5) is 35.7 Å². The number of rotatable bonds is 6. The Hall–Kier alpha value is -2.35. The fourth-order valence-electron chi connectivity index (χ4n) is 1.80. The molecule has 0 aliphatic carbocycles. The zero-order chi connectivity index (χ0) is 27.4. The van der Waals surface area contributed by atoms with Gasteiger partial charge in [-0.1, -0.05) is 6.92 Å². The summed E-state index contributed by atoms with van der Waals surface area (Å²) in [6.45, 7) is 3.22. The lowest BCUT2D eigenvalue weighted by Crippen LogP contribution is -2.41. The maximum absolute atomic E-state index is 13.3. The summed E-state index contributed by atoms with van der Waals surface area (Å²) >= 11 is 0. The number of carbonyl (C=O) groups is 2. The van der Waals surface area contributed by atoms with E-state index in [9.17, 15) is 35.7 Å². The Morgan fingerprint density at radius 1 is 0.971 bits per heavy atom. The van der Waals surface area contributed by atoms with Gasteiger partial charge in [0, 0.05) is 5.41 Å². The lowest BCUT2D eigenvalue weighted by atomic mass is 9.94. The highest BCUT2D eigenvalue weighted by Gasteiger charge is 2.36. The predicted octanol–water partition coefficient (Wildman–Crippen LogP) is 3.22. The van der Waals surface area contributed by atoms with Gasteiger partial charge in [-0.15, -0.1) is 0 Å². The van der Waals surface area contributed by atoms with E-state index in [-0.39, 0.29) is 33.0 Å². The molecule has 1 aliphatic heterocycles. The van der Waals surface area contributed by atoms with Gasteiger partial charge in [0.05, 0.1) is 34.1 Å². The molecule has 0 spiro atoms. The van der Waals surface area contributed by atoms with Crippen LogP contribution in [-0.2, 0) is 14.2 Å². The Labute approximate surface area is 197 Å². The molecule has 1 unspecified atom stereocenters. The first-order valence-corrected chi connectivity index (χ1v) is 10.9. The maximum atomic E-state index is 13.3. The molecule has 0 saturated carbocycles. The number of aliphatic hydroxyl groups is 3. The highest BCUT2D eigenvalue weighted by Crippen LogP contribution is 2.30. The van der Waals surface area contributed by atoms with E-state index in [1.807, 2.05) is 0 Å². The summed E-state index contributed by atoms with van der Waals surface area (Å²) in [6, 6.07) is 0. The molecule has 1 aliphatic rings. The van der Waals surface area contributed by atoms with E-state index >= 15 is 0 Å². The molecule has 0 bridgehead atoms. The molecule has 0 aromatic heterocycles. The summed E-state index contributed by atoms with van der Waals surface area (Å²) in [6.07, 6.45) is -2.63. The van der Waals surface area contributed by atoms with Gasteiger partial charge in [-0.2, -0.15) is 8.78 Å². The normalized spacial score (nSPS) is 14.7. The van der Waals surface area contributed by atoms with Crippen LogP contribution in [0.1, 0.15) is 13.8 Å². The molecule has 1 heterocycles. The SMILES string of the molecule is CC(CO)(CO)CO.CC1(COC(=O)Oc2c(F)c(F)c(F)c(F)c2F)COC(=O)OC1.CPF. The first-order valence-electron chi connectivity index (χ1n) is 9.50. The molecule has 1 aromatic rings. The molecular formula is C19H25F6O9P. The van der Waals surface area contributed by atoms with E-state index in [0.717, 1.165) is 0 Å². The minimum Gasteiger partial charge on any atom is -0.433 e. The fraction of sp³-hybridized carbons (Fsp3) is 0.579. The first-order chi connectivity index (χ1) is 16.2. The first kappa shape index (κ1) is 32.7. The van der Waals surface area contributed by atoms with Crippen molar-refractivity contribution < 1.29 is 70.0 Å². The van der Waals surface area contributed by atoms with Gasteiger partial charge in [-0.05, 0) is 13.6 Å². The summed E-state index contributed by atoms with van der Waals surface area (Å²) in [4.78, 5) is 22.1. The van der Waals surface area contributed by atoms with Gasteiger partial charge in [-0.3, -0.25) is 0 Å². The van der Waals surface area contributed by atoms with E-state index in [1.165, 1.54) is 13.6 Å². The zero-order valence-electron chi connectivity index (χ0n) is 18.8. The Bertz CT molecular complexity index is 807. The Morgan fingerprint density at radius 3 is 1.69 bits per heavy atom. The van der Waals surface area contributed by atoms with Crippen LogP contribution in [0.2, 0.25) is 0 Å². The van der Waals surface area contributed by atoms with Gasteiger partial charge < -0.3 is 34.3 Å². The summed E-state index contributed by atoms with van der Waals surface area (Å²) in [5, 5.41) is 25.4. The van der Waals surface area contributed by atoms with Crippen molar-refractivity contribution in [3.63, 3.8) is 0 Å². The number of cyclic esters (lactones) is 2. The van der Waals surface area contributed by atoms with E-state index in [1.54, 1.807) is 6.92 Å². The Kier molecular flexibility index (Phi) is 13.9. The van der Waals surface area contributed by atoms with Crippen LogP contribution in [0.5, 0.6) is 5.75 Å². The van der Waals surface area contributed by atoms with Crippen molar-refractivity contribution >= 4 is 21.2 Å². The van der Waals surface area contributed by atoms with E-state index < -0.39 is 73.5 Å². The van der Waals surface area contributed by atoms with Gasteiger partial charge in [-0.25, -0.2) is 27.0 Å². The molecule has 1 saturated heterocycles. The smallest absolute Gasteiger partial charge is 0.433 e. The average Bonchev–Trinajstić information content (AvgIpc) is 2.85. The van der Waals surface area contributed by atoms with Crippen LogP contribution >= 0.6 is 8.89 Å². The highest BCUT2D eigenvalue weighted by molar-refractivity contribution is 7.30. The van der Waals surface area contributed by atoms with Crippen molar-refractivity contribution in [3.05, 3.63) is 29.1 Å². The average molecular weight is 542 g/mol. The maximum Gasteiger partial charge on any atom is 0.514 e. The highest BCUT2D eigenvalue weighted by atomic mass is 31.1. The van der Waals surface area contributed by atoms with Gasteiger partial charge in [0.1, 0.15) is 19.8 Å². The number of ether oxygens (including phenoxy) is 4. The van der Waals surface area contributed by atoms with E-state index in [0.29, 0.717) is 0 Å². The van der Waals surface area contributed by atoms with Crippen LogP contribution in [-0.4, -0.2) is 73.9 Å². The Balaban J connectivity index is 0.000000882. The second-order valence-electron chi connectivity index (χ2n) is 7.65. The lowest BCUT2D eigenvalue weighted by molar-refractivity contribution is -0.0766. The van der Waals surface area contributed by atoms with Crippen molar-refractivity contribution in [1.29, 1.82) is 0 Å². The van der Waals surface area contributed by atoms with Gasteiger partial charge in [0.2, 0.25) is 34.8 Å². The molecule has 202 valence electrons. The molecule has 0 radical (unpaired) electrons. The molecule has 16 heteroatoms. The predicted molar refractivity (Wildman–Crippen MR) is 108 cm³/mol. The third-order valence-corrected chi connectivity index (χ3v) is 4.12. The van der Waals surface area contributed by atoms with Crippen LogP contribution in [0.3, 0.4) is 0 Å². The van der Waals surface area contributed by atoms with Crippen molar-refractivity contribution in [2.45, 2.75) is 13.8 Å². The molecule has 1 aromatic carbocycles.